The maximum Gasteiger partial charge on any atom is 0.231 e. The molecule has 0 aliphatic carbocycles. The molecule has 4 rings (SSSR count). The van der Waals surface area contributed by atoms with Gasteiger partial charge >= 0.3 is 0 Å². The largest absolute Gasteiger partial charge is 0.315 e. The van der Waals surface area contributed by atoms with Gasteiger partial charge < -0.3 is 10.6 Å². The van der Waals surface area contributed by atoms with Crippen LogP contribution in [0.1, 0.15) is 22.6 Å². The van der Waals surface area contributed by atoms with Crippen LogP contribution in [0.4, 0.5) is 5.13 Å². The first-order chi connectivity index (χ1) is 13.0. The van der Waals surface area contributed by atoms with Gasteiger partial charge in [0.15, 0.2) is 0 Å². The highest BCUT2D eigenvalue weighted by atomic mass is 32.1. The summed E-state index contributed by atoms with van der Waals surface area (Å²) < 4.78 is 1.77. The third-order valence-corrected chi connectivity index (χ3v) is 5.84. The Hall–Kier alpha value is -2.58. The Balaban J connectivity index is 1.49. The molecule has 1 fully saturated rings. The second kappa shape index (κ2) is 7.21. The molecule has 0 saturated carbocycles. The first kappa shape index (κ1) is 17.8. The maximum absolute atomic E-state index is 12.8. The van der Waals surface area contributed by atoms with Crippen LogP contribution in [-0.2, 0) is 11.8 Å². The maximum atomic E-state index is 12.8. The topological polar surface area (TPSA) is 84.7 Å². The first-order valence-corrected chi connectivity index (χ1v) is 9.74. The van der Waals surface area contributed by atoms with E-state index in [0.29, 0.717) is 11.7 Å². The zero-order valence-electron chi connectivity index (χ0n) is 15.6. The van der Waals surface area contributed by atoms with Gasteiger partial charge in [0.05, 0.1) is 12.1 Å². The highest BCUT2D eigenvalue weighted by Crippen LogP contribution is 2.32. The number of nitrogens with zero attached hydrogens (tertiary/aromatic N) is 4. The van der Waals surface area contributed by atoms with E-state index in [1.54, 1.807) is 4.68 Å². The van der Waals surface area contributed by atoms with Crippen LogP contribution in [0.2, 0.25) is 0 Å². The van der Waals surface area contributed by atoms with Crippen LogP contribution in [0.3, 0.4) is 0 Å². The zero-order chi connectivity index (χ0) is 19.0. The van der Waals surface area contributed by atoms with E-state index in [1.807, 2.05) is 19.4 Å². The number of rotatable bonds is 4. The number of nitrogens with one attached hydrogen (secondary N) is 2. The fourth-order valence-corrected chi connectivity index (χ4v) is 4.41. The van der Waals surface area contributed by atoms with E-state index in [-0.39, 0.29) is 17.7 Å². The van der Waals surface area contributed by atoms with Gasteiger partial charge in [-0.1, -0.05) is 35.1 Å². The van der Waals surface area contributed by atoms with Gasteiger partial charge in [-0.2, -0.15) is 5.10 Å². The number of carbonyl (C=O) groups excluding carboxylic acids is 1. The summed E-state index contributed by atoms with van der Waals surface area (Å²) in [5, 5.41) is 20.3. The van der Waals surface area contributed by atoms with Crippen molar-refractivity contribution in [1.82, 2.24) is 25.3 Å². The van der Waals surface area contributed by atoms with Crippen LogP contribution in [0.5, 0.6) is 0 Å². The summed E-state index contributed by atoms with van der Waals surface area (Å²) >= 11 is 1.40. The smallest absolute Gasteiger partial charge is 0.231 e. The molecule has 27 heavy (non-hydrogen) atoms. The van der Waals surface area contributed by atoms with Crippen LogP contribution >= 0.6 is 11.3 Å². The van der Waals surface area contributed by atoms with E-state index in [4.69, 9.17) is 0 Å². The molecule has 1 aromatic carbocycles. The summed E-state index contributed by atoms with van der Waals surface area (Å²) in [5.41, 5.74) is 4.50. The molecular weight excluding hydrogens is 360 g/mol. The number of aromatic nitrogens is 4. The molecule has 140 valence electrons. The van der Waals surface area contributed by atoms with Gasteiger partial charge in [-0.3, -0.25) is 9.48 Å². The van der Waals surface area contributed by atoms with Crippen LogP contribution < -0.4 is 10.6 Å². The van der Waals surface area contributed by atoms with Crippen LogP contribution in [-0.4, -0.2) is 39.0 Å². The molecule has 0 unspecified atom stereocenters. The Morgan fingerprint density at radius 2 is 2.15 bits per heavy atom. The van der Waals surface area contributed by atoms with Crippen molar-refractivity contribution in [2.45, 2.75) is 19.8 Å². The van der Waals surface area contributed by atoms with E-state index < -0.39 is 0 Å². The fraction of sp³-hybridized carbons (Fsp3) is 0.368. The molecule has 0 radical (unpaired) electrons. The Kier molecular flexibility index (Phi) is 4.75. The van der Waals surface area contributed by atoms with Crippen molar-refractivity contribution >= 4 is 22.4 Å². The summed E-state index contributed by atoms with van der Waals surface area (Å²) in [5.74, 6) is -0.0646. The second-order valence-electron chi connectivity index (χ2n) is 7.04. The Morgan fingerprint density at radius 3 is 2.89 bits per heavy atom. The summed E-state index contributed by atoms with van der Waals surface area (Å²) in [6.45, 7) is 5.54. The van der Waals surface area contributed by atoms with Crippen molar-refractivity contribution in [2.75, 3.05) is 18.4 Å². The predicted molar refractivity (Wildman–Crippen MR) is 106 cm³/mol. The van der Waals surface area contributed by atoms with Crippen molar-refractivity contribution in [1.29, 1.82) is 0 Å². The molecule has 0 spiro atoms. The quantitative estimate of drug-likeness (QED) is 0.724. The fourth-order valence-electron chi connectivity index (χ4n) is 3.57. The van der Waals surface area contributed by atoms with E-state index >= 15 is 0 Å². The van der Waals surface area contributed by atoms with Gasteiger partial charge in [0.1, 0.15) is 5.01 Å². The molecule has 1 aliphatic heterocycles. The normalized spacial score (nSPS) is 19.4. The third kappa shape index (κ3) is 3.63. The molecule has 8 heteroatoms. The molecule has 3 heterocycles. The van der Waals surface area contributed by atoms with Gasteiger partial charge in [-0.25, -0.2) is 0 Å². The lowest BCUT2D eigenvalue weighted by atomic mass is 9.90. The van der Waals surface area contributed by atoms with Gasteiger partial charge in [-0.05, 0) is 25.0 Å². The molecule has 2 N–H and O–H groups in total. The van der Waals surface area contributed by atoms with E-state index in [1.165, 1.54) is 16.9 Å². The SMILES string of the molecule is Cc1ccc(-c2nnc(NC(=O)[C@H]3CNC[C@@H]3c3cnn(C)c3)s2)c(C)c1. The van der Waals surface area contributed by atoms with Gasteiger partial charge in [0, 0.05) is 37.8 Å². The second-order valence-corrected chi connectivity index (χ2v) is 8.02. The lowest BCUT2D eigenvalue weighted by Gasteiger charge is -2.15. The number of aryl methyl sites for hydroxylation is 3. The molecular formula is C19H22N6OS. The molecule has 1 aliphatic rings. The molecule has 0 bridgehead atoms. The number of benzene rings is 1. The highest BCUT2D eigenvalue weighted by Gasteiger charge is 2.35. The molecule has 1 saturated heterocycles. The van der Waals surface area contributed by atoms with Crippen molar-refractivity contribution in [3.05, 3.63) is 47.3 Å². The minimum absolute atomic E-state index is 0.0304. The minimum Gasteiger partial charge on any atom is -0.315 e. The van der Waals surface area contributed by atoms with Crippen molar-refractivity contribution in [3.63, 3.8) is 0 Å². The predicted octanol–water partition coefficient (Wildman–Crippen LogP) is 2.50. The molecule has 7 nitrogen and oxygen atoms in total. The highest BCUT2D eigenvalue weighted by molar-refractivity contribution is 7.18. The lowest BCUT2D eigenvalue weighted by Crippen LogP contribution is -2.28. The average Bonchev–Trinajstić information content (AvgIpc) is 3.35. The van der Waals surface area contributed by atoms with Gasteiger partial charge in [0.2, 0.25) is 11.0 Å². The number of hydrogen-bond donors (Lipinski definition) is 2. The van der Waals surface area contributed by atoms with Crippen molar-refractivity contribution < 1.29 is 4.79 Å². The number of hydrogen-bond acceptors (Lipinski definition) is 6. The van der Waals surface area contributed by atoms with E-state index in [2.05, 4.69) is 58.0 Å². The zero-order valence-corrected chi connectivity index (χ0v) is 16.4. The molecule has 2 atom stereocenters. The standard InChI is InChI=1S/C19H22N6OS/c1-11-4-5-14(12(2)6-11)18-23-24-19(27-18)22-17(26)16-9-20-8-15(16)13-7-21-25(3)10-13/h4-7,10,15-16,20H,8-9H2,1-3H3,(H,22,24,26)/t15-,16+/m1/s1. The summed E-state index contributed by atoms with van der Waals surface area (Å²) in [6.07, 6.45) is 3.81. The summed E-state index contributed by atoms with van der Waals surface area (Å²) in [6, 6.07) is 6.23. The molecule has 2 aromatic heterocycles. The van der Waals surface area contributed by atoms with Gasteiger partial charge in [0.25, 0.3) is 0 Å². The first-order valence-electron chi connectivity index (χ1n) is 8.92. The number of amides is 1. The van der Waals surface area contributed by atoms with Crippen molar-refractivity contribution in [3.8, 4) is 10.6 Å². The Labute approximate surface area is 161 Å². The Morgan fingerprint density at radius 1 is 1.30 bits per heavy atom. The van der Waals surface area contributed by atoms with Crippen LogP contribution in [0.15, 0.2) is 30.6 Å². The average molecular weight is 382 g/mol. The van der Waals surface area contributed by atoms with Crippen LogP contribution in [0, 0.1) is 19.8 Å². The summed E-state index contributed by atoms with van der Waals surface area (Å²) in [7, 11) is 1.89. The van der Waals surface area contributed by atoms with Crippen molar-refractivity contribution in [2.24, 2.45) is 13.0 Å². The van der Waals surface area contributed by atoms with Gasteiger partial charge in [-0.15, -0.1) is 10.2 Å². The van der Waals surface area contributed by atoms with E-state index in [0.717, 1.165) is 28.2 Å². The van der Waals surface area contributed by atoms with Crippen LogP contribution in [0.25, 0.3) is 10.6 Å². The minimum atomic E-state index is -0.150. The number of carbonyl (C=O) groups is 1. The summed E-state index contributed by atoms with van der Waals surface area (Å²) in [4.78, 5) is 12.8. The van der Waals surface area contributed by atoms with E-state index in [9.17, 15) is 4.79 Å². The molecule has 1 amide bonds. The number of anilines is 1. The monoisotopic (exact) mass is 382 g/mol. The molecule has 3 aromatic rings. The third-order valence-electron chi connectivity index (χ3n) is 4.97. The lowest BCUT2D eigenvalue weighted by molar-refractivity contribution is -0.119. The Bertz CT molecular complexity index is 978.